The first-order chi connectivity index (χ1) is 6.79. The number of carbonyl (C=O) groups excluding carboxylic acids is 2. The van der Waals surface area contributed by atoms with Gasteiger partial charge in [0.25, 0.3) is 6.47 Å². The molecule has 1 aromatic carbocycles. The van der Waals surface area contributed by atoms with Crippen LogP contribution in [0.3, 0.4) is 0 Å². The van der Waals surface area contributed by atoms with Gasteiger partial charge in [0, 0.05) is 0 Å². The molecular weight excluding hydrogens is 184 g/mol. The third-order valence-corrected chi connectivity index (χ3v) is 1.69. The van der Waals surface area contributed by atoms with Crippen molar-refractivity contribution < 1.29 is 19.1 Å². The molecular formula is C10H10O4. The number of hydrogen-bond donors (Lipinski definition) is 0. The molecule has 0 radical (unpaired) electrons. The molecule has 14 heavy (non-hydrogen) atoms. The van der Waals surface area contributed by atoms with Crippen LogP contribution in [0.2, 0.25) is 0 Å². The van der Waals surface area contributed by atoms with Crippen LogP contribution < -0.4 is 4.74 Å². The second kappa shape index (κ2) is 5.01. The monoisotopic (exact) mass is 194 g/mol. The lowest BCUT2D eigenvalue weighted by Crippen LogP contribution is -2.09. The van der Waals surface area contributed by atoms with Crippen molar-refractivity contribution in [2.75, 3.05) is 13.7 Å². The number of methoxy groups -OCH3 is 1. The minimum atomic E-state index is -0.283. The van der Waals surface area contributed by atoms with Gasteiger partial charge in [0.1, 0.15) is 5.75 Å². The van der Waals surface area contributed by atoms with Crippen LogP contribution in [-0.2, 0) is 9.53 Å². The van der Waals surface area contributed by atoms with Crippen molar-refractivity contribution in [2.24, 2.45) is 0 Å². The van der Waals surface area contributed by atoms with E-state index in [9.17, 15) is 9.59 Å². The largest absolute Gasteiger partial charge is 0.496 e. The maximum atomic E-state index is 11.4. The third kappa shape index (κ3) is 2.32. The number of Topliss-reactive ketones (excluding diaryl/α,β-unsaturated/α-hetero) is 1. The summed E-state index contributed by atoms with van der Waals surface area (Å²) in [5.74, 6) is 0.196. The second-order valence-corrected chi connectivity index (χ2v) is 2.53. The Kier molecular flexibility index (Phi) is 3.67. The third-order valence-electron chi connectivity index (χ3n) is 1.69. The fourth-order valence-corrected chi connectivity index (χ4v) is 1.06. The molecule has 0 amide bonds. The fraction of sp³-hybridized carbons (Fsp3) is 0.200. The number of rotatable bonds is 5. The van der Waals surface area contributed by atoms with Crippen molar-refractivity contribution in [3.63, 3.8) is 0 Å². The molecule has 4 nitrogen and oxygen atoms in total. The van der Waals surface area contributed by atoms with Crippen LogP contribution >= 0.6 is 0 Å². The molecule has 4 heteroatoms. The Morgan fingerprint density at radius 2 is 2.14 bits per heavy atom. The molecule has 0 saturated heterocycles. The summed E-state index contributed by atoms with van der Waals surface area (Å²) in [4.78, 5) is 21.3. The van der Waals surface area contributed by atoms with E-state index in [1.54, 1.807) is 24.3 Å². The predicted molar refractivity (Wildman–Crippen MR) is 49.3 cm³/mol. The van der Waals surface area contributed by atoms with E-state index >= 15 is 0 Å². The van der Waals surface area contributed by atoms with E-state index in [2.05, 4.69) is 4.74 Å². The summed E-state index contributed by atoms with van der Waals surface area (Å²) in [5, 5.41) is 0. The van der Waals surface area contributed by atoms with E-state index in [-0.39, 0.29) is 18.9 Å². The first-order valence-electron chi connectivity index (χ1n) is 4.01. The molecule has 0 fully saturated rings. The lowest BCUT2D eigenvalue weighted by atomic mass is 10.1. The highest BCUT2D eigenvalue weighted by molar-refractivity contribution is 5.99. The van der Waals surface area contributed by atoms with Crippen LogP contribution in [0, 0.1) is 0 Å². The van der Waals surface area contributed by atoms with Crippen LogP contribution in [0.1, 0.15) is 10.4 Å². The lowest BCUT2D eigenvalue weighted by Gasteiger charge is -2.05. The predicted octanol–water partition coefficient (Wildman–Crippen LogP) is 1.05. The van der Waals surface area contributed by atoms with Crippen molar-refractivity contribution in [1.82, 2.24) is 0 Å². The van der Waals surface area contributed by atoms with Gasteiger partial charge in [-0.05, 0) is 12.1 Å². The molecule has 0 aliphatic rings. The first kappa shape index (κ1) is 10.2. The smallest absolute Gasteiger partial charge is 0.293 e. The topological polar surface area (TPSA) is 52.6 Å². The number of ether oxygens (including phenoxy) is 2. The Hall–Kier alpha value is -1.84. The van der Waals surface area contributed by atoms with E-state index in [0.717, 1.165) is 0 Å². The van der Waals surface area contributed by atoms with Crippen LogP contribution in [-0.4, -0.2) is 26.0 Å². The Morgan fingerprint density at radius 3 is 2.79 bits per heavy atom. The summed E-state index contributed by atoms with van der Waals surface area (Å²) in [5.41, 5.74) is 0.414. The number of hydrogen-bond acceptors (Lipinski definition) is 4. The number of benzene rings is 1. The zero-order valence-corrected chi connectivity index (χ0v) is 7.73. The summed E-state index contributed by atoms with van der Waals surface area (Å²) < 4.78 is 9.35. The van der Waals surface area contributed by atoms with Gasteiger partial charge in [-0.15, -0.1) is 0 Å². The molecule has 0 bridgehead atoms. The highest BCUT2D eigenvalue weighted by Crippen LogP contribution is 2.17. The van der Waals surface area contributed by atoms with E-state index in [1.165, 1.54) is 7.11 Å². The Bertz CT molecular complexity index is 333. The van der Waals surface area contributed by atoms with Crippen LogP contribution in [0.15, 0.2) is 24.3 Å². The van der Waals surface area contributed by atoms with E-state index < -0.39 is 0 Å². The quantitative estimate of drug-likeness (QED) is 0.519. The number of para-hydroxylation sites is 1. The van der Waals surface area contributed by atoms with Gasteiger partial charge in [0.15, 0.2) is 6.61 Å². The van der Waals surface area contributed by atoms with Gasteiger partial charge in [-0.1, -0.05) is 12.1 Å². The normalized spacial score (nSPS) is 9.21. The summed E-state index contributed by atoms with van der Waals surface area (Å²) in [7, 11) is 1.48. The van der Waals surface area contributed by atoms with Crippen molar-refractivity contribution in [2.45, 2.75) is 0 Å². The second-order valence-electron chi connectivity index (χ2n) is 2.53. The van der Waals surface area contributed by atoms with E-state index in [1.807, 2.05) is 0 Å². The molecule has 0 aliphatic carbocycles. The fourth-order valence-electron chi connectivity index (χ4n) is 1.06. The molecule has 0 heterocycles. The Morgan fingerprint density at radius 1 is 1.43 bits per heavy atom. The van der Waals surface area contributed by atoms with Gasteiger partial charge >= 0.3 is 0 Å². The summed E-state index contributed by atoms with van der Waals surface area (Å²) in [6, 6.07) is 6.77. The van der Waals surface area contributed by atoms with Crippen LogP contribution in [0.25, 0.3) is 0 Å². The molecule has 0 unspecified atom stereocenters. The highest BCUT2D eigenvalue weighted by Gasteiger charge is 2.11. The van der Waals surface area contributed by atoms with Crippen molar-refractivity contribution in [1.29, 1.82) is 0 Å². The maximum absolute atomic E-state index is 11.4. The van der Waals surface area contributed by atoms with Gasteiger partial charge < -0.3 is 9.47 Å². The van der Waals surface area contributed by atoms with Gasteiger partial charge in [0.2, 0.25) is 5.78 Å². The molecule has 0 saturated carbocycles. The van der Waals surface area contributed by atoms with Gasteiger partial charge in [-0.2, -0.15) is 0 Å². The standard InChI is InChI=1S/C10H10O4/c1-13-10-5-3-2-4-8(10)9(12)6-14-7-11/h2-5,7H,6H2,1H3. The van der Waals surface area contributed by atoms with Crippen molar-refractivity contribution in [3.05, 3.63) is 29.8 Å². The highest BCUT2D eigenvalue weighted by atomic mass is 16.5. The average molecular weight is 194 g/mol. The average Bonchev–Trinajstić information content (AvgIpc) is 2.25. The lowest BCUT2D eigenvalue weighted by molar-refractivity contribution is -0.127. The molecule has 1 aromatic rings. The van der Waals surface area contributed by atoms with Crippen LogP contribution in [0.5, 0.6) is 5.75 Å². The van der Waals surface area contributed by atoms with Gasteiger partial charge in [0.05, 0.1) is 12.7 Å². The van der Waals surface area contributed by atoms with Crippen molar-refractivity contribution in [3.8, 4) is 5.75 Å². The SMILES string of the molecule is COc1ccccc1C(=O)COC=O. The minimum Gasteiger partial charge on any atom is -0.496 e. The van der Waals surface area contributed by atoms with E-state index in [0.29, 0.717) is 11.3 Å². The summed E-state index contributed by atoms with van der Waals surface area (Å²) >= 11 is 0. The molecule has 0 aromatic heterocycles. The Balaban J connectivity index is 2.82. The summed E-state index contributed by atoms with van der Waals surface area (Å²) in [6.07, 6.45) is 0. The molecule has 0 atom stereocenters. The summed E-state index contributed by atoms with van der Waals surface area (Å²) in [6.45, 7) is -0.0167. The van der Waals surface area contributed by atoms with Crippen molar-refractivity contribution >= 4 is 12.3 Å². The number of carbonyl (C=O) groups is 2. The maximum Gasteiger partial charge on any atom is 0.293 e. The first-order valence-corrected chi connectivity index (χ1v) is 4.01. The minimum absolute atomic E-state index is 0.243. The van der Waals surface area contributed by atoms with Crippen LogP contribution in [0.4, 0.5) is 0 Å². The van der Waals surface area contributed by atoms with E-state index in [4.69, 9.17) is 4.74 Å². The molecule has 0 spiro atoms. The molecule has 0 N–H and O–H groups in total. The zero-order chi connectivity index (χ0) is 10.4. The zero-order valence-electron chi connectivity index (χ0n) is 7.73. The molecule has 74 valence electrons. The Labute approximate surface area is 81.4 Å². The number of ketones is 1. The van der Waals surface area contributed by atoms with Gasteiger partial charge in [-0.3, -0.25) is 9.59 Å². The van der Waals surface area contributed by atoms with Gasteiger partial charge in [-0.25, -0.2) is 0 Å². The molecule has 1 rings (SSSR count). The molecule has 0 aliphatic heterocycles.